The van der Waals surface area contributed by atoms with E-state index in [0.717, 1.165) is 6.42 Å². The second-order valence-corrected chi connectivity index (χ2v) is 8.06. The van der Waals surface area contributed by atoms with Crippen molar-refractivity contribution in [1.82, 2.24) is 9.21 Å². The lowest BCUT2D eigenvalue weighted by atomic mass is 10.3. The van der Waals surface area contributed by atoms with Crippen LogP contribution in [-0.2, 0) is 14.8 Å². The maximum Gasteiger partial charge on any atom is 0.243 e. The number of benzene rings is 1. The molecule has 25 heavy (non-hydrogen) atoms. The van der Waals surface area contributed by atoms with Gasteiger partial charge in [-0.25, -0.2) is 8.42 Å². The van der Waals surface area contributed by atoms with Crippen molar-refractivity contribution in [3.8, 4) is 11.5 Å². The Morgan fingerprint density at radius 3 is 2.44 bits per heavy atom. The average molecular weight is 369 g/mol. The molecule has 2 aliphatic heterocycles. The largest absolute Gasteiger partial charge is 0.490 e. The number of hydrogen-bond acceptors (Lipinski definition) is 6. The Labute approximate surface area is 147 Å². The SMILES string of the molecule is NC(=O)CCN1CCN(S(=O)(=O)c2ccc3c(c2)OCCCO3)CC1. The first-order chi connectivity index (χ1) is 12.0. The van der Waals surface area contributed by atoms with Gasteiger partial charge in [0.25, 0.3) is 0 Å². The molecule has 1 aromatic carbocycles. The molecule has 9 heteroatoms. The molecule has 1 aromatic rings. The fourth-order valence-corrected chi connectivity index (χ4v) is 4.35. The number of piperazine rings is 1. The molecule has 3 rings (SSSR count). The fraction of sp³-hybridized carbons (Fsp3) is 0.562. The highest BCUT2D eigenvalue weighted by Crippen LogP contribution is 2.33. The van der Waals surface area contributed by atoms with E-state index in [1.807, 2.05) is 4.90 Å². The Bertz CT molecular complexity index is 729. The highest BCUT2D eigenvalue weighted by atomic mass is 32.2. The maximum atomic E-state index is 12.9. The summed E-state index contributed by atoms with van der Waals surface area (Å²) in [6, 6.07) is 4.74. The van der Waals surface area contributed by atoms with Gasteiger partial charge < -0.3 is 20.1 Å². The zero-order valence-electron chi connectivity index (χ0n) is 14.0. The second kappa shape index (κ2) is 7.59. The highest BCUT2D eigenvalue weighted by Gasteiger charge is 2.29. The number of hydrogen-bond donors (Lipinski definition) is 1. The predicted molar refractivity (Wildman–Crippen MR) is 91.1 cm³/mol. The average Bonchev–Trinajstić information content (AvgIpc) is 2.85. The van der Waals surface area contributed by atoms with Gasteiger partial charge >= 0.3 is 0 Å². The lowest BCUT2D eigenvalue weighted by molar-refractivity contribution is -0.118. The maximum absolute atomic E-state index is 12.9. The molecule has 138 valence electrons. The van der Waals surface area contributed by atoms with Crippen LogP contribution in [0.25, 0.3) is 0 Å². The molecular weight excluding hydrogens is 346 g/mol. The van der Waals surface area contributed by atoms with Gasteiger partial charge in [0, 0.05) is 51.6 Å². The van der Waals surface area contributed by atoms with E-state index in [-0.39, 0.29) is 17.2 Å². The van der Waals surface area contributed by atoms with Crippen LogP contribution in [0.2, 0.25) is 0 Å². The first-order valence-electron chi connectivity index (χ1n) is 8.37. The summed E-state index contributed by atoms with van der Waals surface area (Å²) in [5.74, 6) is 0.702. The van der Waals surface area contributed by atoms with Gasteiger partial charge in [-0.15, -0.1) is 0 Å². The van der Waals surface area contributed by atoms with Gasteiger partial charge in [0.2, 0.25) is 15.9 Å². The minimum atomic E-state index is -3.58. The summed E-state index contributed by atoms with van der Waals surface area (Å²) in [6.07, 6.45) is 1.05. The number of amides is 1. The summed E-state index contributed by atoms with van der Waals surface area (Å²) in [5.41, 5.74) is 5.16. The number of carbonyl (C=O) groups is 1. The lowest BCUT2D eigenvalue weighted by Crippen LogP contribution is -2.49. The van der Waals surface area contributed by atoms with Gasteiger partial charge in [0.05, 0.1) is 18.1 Å². The molecule has 0 atom stereocenters. The molecule has 2 heterocycles. The number of nitrogens with zero attached hydrogens (tertiary/aromatic N) is 2. The first-order valence-corrected chi connectivity index (χ1v) is 9.81. The van der Waals surface area contributed by atoms with Crippen molar-refractivity contribution in [2.24, 2.45) is 5.73 Å². The highest BCUT2D eigenvalue weighted by molar-refractivity contribution is 7.89. The molecule has 0 spiro atoms. The molecule has 1 fully saturated rings. The summed E-state index contributed by atoms with van der Waals surface area (Å²) < 4.78 is 38.3. The molecular formula is C16H23N3O5S. The summed E-state index contributed by atoms with van der Waals surface area (Å²) in [6.45, 7) is 3.56. The molecule has 0 aromatic heterocycles. The molecule has 1 amide bonds. The number of ether oxygens (including phenoxy) is 2. The third-order valence-electron chi connectivity index (χ3n) is 4.36. The van der Waals surface area contributed by atoms with Crippen LogP contribution in [0.15, 0.2) is 23.1 Å². The van der Waals surface area contributed by atoms with Crippen LogP contribution < -0.4 is 15.2 Å². The zero-order chi connectivity index (χ0) is 17.9. The fourth-order valence-electron chi connectivity index (χ4n) is 2.91. The number of nitrogens with two attached hydrogens (primary N) is 1. The summed E-state index contributed by atoms with van der Waals surface area (Å²) in [5, 5.41) is 0. The van der Waals surface area contributed by atoms with Gasteiger partial charge in [-0.3, -0.25) is 4.79 Å². The number of fused-ring (bicyclic) bond motifs is 1. The van der Waals surface area contributed by atoms with E-state index in [1.165, 1.54) is 10.4 Å². The summed E-state index contributed by atoms with van der Waals surface area (Å²) in [4.78, 5) is 13.1. The van der Waals surface area contributed by atoms with E-state index < -0.39 is 10.0 Å². The van der Waals surface area contributed by atoms with Crippen LogP contribution >= 0.6 is 0 Å². The van der Waals surface area contributed by atoms with Crippen molar-refractivity contribution < 1.29 is 22.7 Å². The molecule has 0 radical (unpaired) electrons. The Morgan fingerprint density at radius 1 is 1.08 bits per heavy atom. The van der Waals surface area contributed by atoms with E-state index >= 15 is 0 Å². The normalized spacial score (nSPS) is 19.4. The van der Waals surface area contributed by atoms with Crippen molar-refractivity contribution in [2.75, 3.05) is 45.9 Å². The molecule has 0 bridgehead atoms. The Morgan fingerprint density at radius 2 is 1.76 bits per heavy atom. The van der Waals surface area contributed by atoms with Crippen LogP contribution in [-0.4, -0.2) is 69.5 Å². The van der Waals surface area contributed by atoms with E-state index in [9.17, 15) is 13.2 Å². The molecule has 0 saturated carbocycles. The zero-order valence-corrected chi connectivity index (χ0v) is 14.8. The van der Waals surface area contributed by atoms with Crippen LogP contribution in [0, 0.1) is 0 Å². The van der Waals surface area contributed by atoms with Crippen molar-refractivity contribution in [3.63, 3.8) is 0 Å². The van der Waals surface area contributed by atoms with Gasteiger partial charge in [0.15, 0.2) is 11.5 Å². The minimum Gasteiger partial charge on any atom is -0.490 e. The lowest BCUT2D eigenvalue weighted by Gasteiger charge is -2.33. The minimum absolute atomic E-state index is 0.210. The molecule has 8 nitrogen and oxygen atoms in total. The number of carbonyl (C=O) groups excluding carboxylic acids is 1. The summed E-state index contributed by atoms with van der Waals surface area (Å²) >= 11 is 0. The quantitative estimate of drug-likeness (QED) is 0.786. The molecule has 1 saturated heterocycles. The third kappa shape index (κ3) is 4.23. The van der Waals surface area contributed by atoms with Crippen LogP contribution in [0.5, 0.6) is 11.5 Å². The van der Waals surface area contributed by atoms with Gasteiger partial charge in [-0.1, -0.05) is 0 Å². The molecule has 0 unspecified atom stereocenters. The Balaban J connectivity index is 1.68. The molecule has 0 aliphatic carbocycles. The van der Waals surface area contributed by atoms with Gasteiger partial charge in [-0.2, -0.15) is 4.31 Å². The smallest absolute Gasteiger partial charge is 0.243 e. The molecule has 2 aliphatic rings. The van der Waals surface area contributed by atoms with Gasteiger partial charge in [-0.05, 0) is 12.1 Å². The van der Waals surface area contributed by atoms with Crippen molar-refractivity contribution in [1.29, 1.82) is 0 Å². The van der Waals surface area contributed by atoms with E-state index in [2.05, 4.69) is 0 Å². The number of primary amides is 1. The molecule has 2 N–H and O–H groups in total. The van der Waals surface area contributed by atoms with Gasteiger partial charge in [0.1, 0.15) is 0 Å². The predicted octanol–water partition coefficient (Wildman–Crippen LogP) is 0.0296. The Hall–Kier alpha value is -1.84. The van der Waals surface area contributed by atoms with Crippen molar-refractivity contribution >= 4 is 15.9 Å². The van der Waals surface area contributed by atoms with Crippen LogP contribution in [0.1, 0.15) is 12.8 Å². The van der Waals surface area contributed by atoms with E-state index in [0.29, 0.717) is 57.4 Å². The standard InChI is InChI=1S/C16H23N3O5S/c17-16(20)4-5-18-6-8-19(9-7-18)25(21,22)13-2-3-14-15(12-13)24-11-1-10-23-14/h2-3,12H,1,4-11H2,(H2,17,20). The Kier molecular flexibility index (Phi) is 5.45. The first kappa shape index (κ1) is 18.0. The topological polar surface area (TPSA) is 102 Å². The van der Waals surface area contributed by atoms with Crippen LogP contribution in [0.3, 0.4) is 0 Å². The van der Waals surface area contributed by atoms with Crippen molar-refractivity contribution in [3.05, 3.63) is 18.2 Å². The van der Waals surface area contributed by atoms with Crippen molar-refractivity contribution in [2.45, 2.75) is 17.7 Å². The van der Waals surface area contributed by atoms with E-state index in [4.69, 9.17) is 15.2 Å². The summed E-state index contributed by atoms with van der Waals surface area (Å²) in [7, 11) is -3.58. The van der Waals surface area contributed by atoms with E-state index in [1.54, 1.807) is 12.1 Å². The van der Waals surface area contributed by atoms with Crippen LogP contribution in [0.4, 0.5) is 0 Å². The monoisotopic (exact) mass is 369 g/mol. The number of rotatable bonds is 5. The second-order valence-electron chi connectivity index (χ2n) is 6.12. The number of sulfonamides is 1. The third-order valence-corrected chi connectivity index (χ3v) is 6.26.